The summed E-state index contributed by atoms with van der Waals surface area (Å²) in [4.78, 5) is 17.0. The van der Waals surface area contributed by atoms with Gasteiger partial charge in [0, 0.05) is 6.20 Å². The average Bonchev–Trinajstić information content (AvgIpc) is 3.03. The van der Waals surface area contributed by atoms with Crippen molar-refractivity contribution in [3.63, 3.8) is 0 Å². The first-order chi connectivity index (χ1) is 16.1. The van der Waals surface area contributed by atoms with Crippen LogP contribution in [0.2, 0.25) is 0 Å². The maximum atomic E-state index is 12.7. The summed E-state index contributed by atoms with van der Waals surface area (Å²) in [5, 5.41) is 2.90. The van der Waals surface area contributed by atoms with Crippen molar-refractivity contribution >= 4 is 29.9 Å². The smallest absolute Gasteiger partial charge is 0.399 e. The standard InChI is InChI=1S/C27H32BN3O3/c1-6-7-18-8-15-23(30-17-18)25(32)31-24-16-20(11-14-22(24)29)19-9-12-21(13-10-19)28-33-26(2,3)27(4,5)34-28/h8-17H,6-7,29H2,1-5H3,(H,31,32). The number of carbonyl (C=O) groups excluding carboxylic acids is 1. The SMILES string of the molecule is CCCc1ccc(C(=O)Nc2cc(-c3ccc(B4OC(C)(C)C(C)(C)O4)cc3)ccc2N)nc1. The number of benzene rings is 2. The highest BCUT2D eigenvalue weighted by atomic mass is 16.7. The Morgan fingerprint density at radius 2 is 1.62 bits per heavy atom. The molecule has 176 valence electrons. The van der Waals surface area contributed by atoms with Gasteiger partial charge in [-0.2, -0.15) is 0 Å². The van der Waals surface area contributed by atoms with E-state index in [4.69, 9.17) is 15.0 Å². The molecule has 0 aliphatic carbocycles. The number of aryl methyl sites for hydroxylation is 1. The number of nitrogen functional groups attached to an aromatic ring is 1. The maximum absolute atomic E-state index is 12.7. The largest absolute Gasteiger partial charge is 0.494 e. The lowest BCUT2D eigenvalue weighted by Crippen LogP contribution is -2.41. The molecule has 1 saturated heterocycles. The molecule has 1 amide bonds. The van der Waals surface area contributed by atoms with Crippen LogP contribution in [-0.2, 0) is 15.7 Å². The van der Waals surface area contributed by atoms with E-state index in [1.807, 2.05) is 70.2 Å². The van der Waals surface area contributed by atoms with E-state index < -0.39 is 7.12 Å². The van der Waals surface area contributed by atoms with Gasteiger partial charge in [0.2, 0.25) is 0 Å². The van der Waals surface area contributed by atoms with E-state index in [-0.39, 0.29) is 17.1 Å². The van der Waals surface area contributed by atoms with E-state index in [1.54, 1.807) is 18.3 Å². The van der Waals surface area contributed by atoms with Crippen molar-refractivity contribution in [2.45, 2.75) is 58.7 Å². The molecule has 1 aliphatic rings. The van der Waals surface area contributed by atoms with Gasteiger partial charge in [-0.25, -0.2) is 0 Å². The van der Waals surface area contributed by atoms with Crippen LogP contribution in [-0.4, -0.2) is 29.2 Å². The highest BCUT2D eigenvalue weighted by molar-refractivity contribution is 6.62. The minimum atomic E-state index is -0.406. The van der Waals surface area contributed by atoms with E-state index >= 15 is 0 Å². The number of pyridine rings is 1. The Hall–Kier alpha value is -3.16. The zero-order valence-electron chi connectivity index (χ0n) is 20.5. The number of hydrogen-bond acceptors (Lipinski definition) is 5. The lowest BCUT2D eigenvalue weighted by Gasteiger charge is -2.32. The summed E-state index contributed by atoms with van der Waals surface area (Å²) in [5.74, 6) is -0.289. The van der Waals surface area contributed by atoms with Gasteiger partial charge in [-0.15, -0.1) is 0 Å². The minimum absolute atomic E-state index is 0.289. The number of rotatable bonds is 6. The van der Waals surface area contributed by atoms with Crippen LogP contribution in [0.4, 0.5) is 11.4 Å². The third-order valence-corrected chi connectivity index (χ3v) is 6.67. The number of aromatic nitrogens is 1. The highest BCUT2D eigenvalue weighted by Crippen LogP contribution is 2.36. The molecule has 0 unspecified atom stereocenters. The van der Waals surface area contributed by atoms with Gasteiger partial charge in [-0.3, -0.25) is 9.78 Å². The van der Waals surface area contributed by atoms with E-state index in [0.29, 0.717) is 17.1 Å². The fraction of sp³-hybridized carbons (Fsp3) is 0.333. The van der Waals surface area contributed by atoms with Crippen molar-refractivity contribution in [3.8, 4) is 11.1 Å². The molecule has 0 atom stereocenters. The zero-order chi connectivity index (χ0) is 24.5. The van der Waals surface area contributed by atoms with Gasteiger partial charge in [0.25, 0.3) is 5.91 Å². The van der Waals surface area contributed by atoms with Crippen molar-refractivity contribution < 1.29 is 14.1 Å². The van der Waals surface area contributed by atoms with Crippen LogP contribution in [0.3, 0.4) is 0 Å². The second-order valence-corrected chi connectivity index (χ2v) is 9.77. The van der Waals surface area contributed by atoms with Crippen LogP contribution in [0, 0.1) is 0 Å². The normalized spacial score (nSPS) is 16.4. The van der Waals surface area contributed by atoms with Gasteiger partial charge >= 0.3 is 7.12 Å². The van der Waals surface area contributed by atoms with Crippen molar-refractivity contribution in [2.24, 2.45) is 0 Å². The first-order valence-corrected chi connectivity index (χ1v) is 11.7. The topological polar surface area (TPSA) is 86.5 Å². The van der Waals surface area contributed by atoms with E-state index in [1.165, 1.54) is 0 Å². The van der Waals surface area contributed by atoms with Crippen molar-refractivity contribution in [1.29, 1.82) is 0 Å². The molecule has 0 saturated carbocycles. The molecule has 0 spiro atoms. The number of carbonyl (C=O) groups is 1. The minimum Gasteiger partial charge on any atom is -0.399 e. The maximum Gasteiger partial charge on any atom is 0.494 e. The van der Waals surface area contributed by atoms with Crippen molar-refractivity contribution in [3.05, 3.63) is 72.1 Å². The summed E-state index contributed by atoms with van der Waals surface area (Å²) in [6.07, 6.45) is 3.73. The predicted octanol–water partition coefficient (Wildman–Crippen LogP) is 4.83. The van der Waals surface area contributed by atoms with E-state index in [9.17, 15) is 4.79 Å². The molecule has 6 nitrogen and oxygen atoms in total. The summed E-state index contributed by atoms with van der Waals surface area (Å²) in [5.41, 5.74) is 10.8. The van der Waals surface area contributed by atoms with Gasteiger partial charge in [0.15, 0.2) is 0 Å². The fourth-order valence-corrected chi connectivity index (χ4v) is 3.84. The number of amides is 1. The number of hydrogen-bond donors (Lipinski definition) is 2. The molecule has 2 heterocycles. The summed E-state index contributed by atoms with van der Waals surface area (Å²) >= 11 is 0. The second-order valence-electron chi connectivity index (χ2n) is 9.77. The van der Waals surface area contributed by atoms with Gasteiger partial charge in [-0.1, -0.05) is 49.7 Å². The predicted molar refractivity (Wildman–Crippen MR) is 138 cm³/mol. The summed E-state index contributed by atoms with van der Waals surface area (Å²) in [7, 11) is -0.406. The summed E-state index contributed by atoms with van der Waals surface area (Å²) in [6.45, 7) is 10.3. The summed E-state index contributed by atoms with van der Waals surface area (Å²) < 4.78 is 12.3. The average molecular weight is 457 g/mol. The van der Waals surface area contributed by atoms with Gasteiger partial charge in [0.1, 0.15) is 5.69 Å². The quantitative estimate of drug-likeness (QED) is 0.409. The Morgan fingerprint density at radius 1 is 0.971 bits per heavy atom. The van der Waals surface area contributed by atoms with Gasteiger partial charge < -0.3 is 20.4 Å². The Balaban J connectivity index is 1.50. The molecule has 3 aromatic rings. The van der Waals surface area contributed by atoms with Crippen LogP contribution in [0.5, 0.6) is 0 Å². The molecule has 3 N–H and O–H groups in total. The first kappa shape index (κ1) is 24.0. The molecule has 7 heteroatoms. The number of nitrogens with two attached hydrogens (primary N) is 1. The number of nitrogens with one attached hydrogen (secondary N) is 1. The molecule has 0 bridgehead atoms. The lowest BCUT2D eigenvalue weighted by atomic mass is 9.78. The molecule has 2 aromatic carbocycles. The van der Waals surface area contributed by atoms with Crippen LogP contribution >= 0.6 is 0 Å². The van der Waals surface area contributed by atoms with Gasteiger partial charge in [0.05, 0.1) is 22.6 Å². The molecule has 1 aromatic heterocycles. The third-order valence-electron chi connectivity index (χ3n) is 6.67. The highest BCUT2D eigenvalue weighted by Gasteiger charge is 2.51. The third kappa shape index (κ3) is 4.86. The first-order valence-electron chi connectivity index (χ1n) is 11.7. The fourth-order valence-electron chi connectivity index (χ4n) is 3.84. The number of nitrogens with zero attached hydrogens (tertiary/aromatic N) is 1. The monoisotopic (exact) mass is 457 g/mol. The van der Waals surface area contributed by atoms with Crippen LogP contribution in [0.15, 0.2) is 60.8 Å². The molecule has 4 rings (SSSR count). The van der Waals surface area contributed by atoms with Crippen LogP contribution in [0.1, 0.15) is 57.1 Å². The molecular formula is C27H32BN3O3. The Kier molecular flexibility index (Phi) is 6.52. The Morgan fingerprint density at radius 3 is 2.21 bits per heavy atom. The van der Waals surface area contributed by atoms with Crippen LogP contribution in [0.25, 0.3) is 11.1 Å². The van der Waals surface area contributed by atoms with Gasteiger partial charge in [-0.05, 0) is 74.5 Å². The molecule has 0 radical (unpaired) electrons. The Labute approximate surface area is 202 Å². The van der Waals surface area contributed by atoms with E-state index in [2.05, 4.69) is 17.2 Å². The van der Waals surface area contributed by atoms with Crippen molar-refractivity contribution in [2.75, 3.05) is 11.1 Å². The second kappa shape index (κ2) is 9.24. The molecule has 1 fully saturated rings. The molecular weight excluding hydrogens is 425 g/mol. The number of anilines is 2. The lowest BCUT2D eigenvalue weighted by molar-refractivity contribution is 0.00578. The Bertz CT molecular complexity index is 1160. The van der Waals surface area contributed by atoms with E-state index in [0.717, 1.165) is 35.0 Å². The zero-order valence-corrected chi connectivity index (χ0v) is 20.5. The molecule has 1 aliphatic heterocycles. The van der Waals surface area contributed by atoms with Crippen LogP contribution < -0.4 is 16.5 Å². The van der Waals surface area contributed by atoms with Crippen molar-refractivity contribution in [1.82, 2.24) is 4.98 Å². The summed E-state index contributed by atoms with van der Waals surface area (Å²) in [6, 6.07) is 17.3. The molecule has 34 heavy (non-hydrogen) atoms.